The monoisotopic (exact) mass is 275 g/mol. The molecule has 0 saturated carbocycles. The number of halogens is 2. The Labute approximate surface area is 113 Å². The van der Waals surface area contributed by atoms with Crippen LogP contribution in [0.15, 0.2) is 18.2 Å². The van der Waals surface area contributed by atoms with E-state index in [-0.39, 0.29) is 12.1 Å². The van der Waals surface area contributed by atoms with Gasteiger partial charge in [0.05, 0.1) is 6.10 Å². The molecule has 0 aliphatic heterocycles. The van der Waals surface area contributed by atoms with Crippen molar-refractivity contribution in [2.45, 2.75) is 31.9 Å². The first-order valence-electron chi connectivity index (χ1n) is 5.76. The third kappa shape index (κ3) is 4.14. The van der Waals surface area contributed by atoms with Crippen molar-refractivity contribution in [2.75, 3.05) is 14.2 Å². The first-order chi connectivity index (χ1) is 8.12. The third-order valence-electron chi connectivity index (χ3n) is 2.97. The lowest BCUT2D eigenvalue weighted by atomic mass is 9.99. The number of methoxy groups -OCH3 is 1. The van der Waals surface area contributed by atoms with Gasteiger partial charge in [0.2, 0.25) is 0 Å². The van der Waals surface area contributed by atoms with E-state index in [1.807, 2.05) is 19.2 Å². The summed E-state index contributed by atoms with van der Waals surface area (Å²) in [5.41, 5.74) is 1.05. The Bertz CT molecular complexity index is 353. The molecule has 1 N–H and O–H groups in total. The summed E-state index contributed by atoms with van der Waals surface area (Å²) in [5.74, 6) is 0. The van der Waals surface area contributed by atoms with E-state index in [2.05, 4.69) is 12.2 Å². The van der Waals surface area contributed by atoms with Crippen molar-refractivity contribution in [3.05, 3.63) is 33.8 Å². The van der Waals surface area contributed by atoms with Crippen LogP contribution >= 0.6 is 23.2 Å². The van der Waals surface area contributed by atoms with Crippen LogP contribution in [0.4, 0.5) is 0 Å². The molecule has 4 heteroatoms. The lowest BCUT2D eigenvalue weighted by Crippen LogP contribution is -2.40. The summed E-state index contributed by atoms with van der Waals surface area (Å²) >= 11 is 12.1. The van der Waals surface area contributed by atoms with Crippen LogP contribution in [-0.2, 0) is 11.2 Å². The molecule has 0 aromatic heterocycles. The van der Waals surface area contributed by atoms with Crippen LogP contribution in [0.5, 0.6) is 0 Å². The zero-order valence-electron chi connectivity index (χ0n) is 10.5. The van der Waals surface area contributed by atoms with Gasteiger partial charge in [0.25, 0.3) is 0 Å². The second-order valence-electron chi connectivity index (χ2n) is 4.02. The molecule has 96 valence electrons. The average Bonchev–Trinajstić information content (AvgIpc) is 2.33. The molecule has 0 aliphatic carbocycles. The predicted molar refractivity (Wildman–Crippen MR) is 74.1 cm³/mol. The fourth-order valence-electron chi connectivity index (χ4n) is 1.97. The highest BCUT2D eigenvalue weighted by Crippen LogP contribution is 2.23. The SMILES string of the molecule is CCC(OC)C(Cc1cc(Cl)ccc1Cl)NC. The standard InChI is InChI=1S/C13H19Cl2NO/c1-4-13(17-3)12(16-2)8-9-7-10(14)5-6-11(9)15/h5-7,12-13,16H,4,8H2,1-3H3. The van der Waals surface area contributed by atoms with Crippen molar-refractivity contribution in [1.29, 1.82) is 0 Å². The maximum atomic E-state index is 6.16. The normalized spacial score (nSPS) is 14.6. The van der Waals surface area contributed by atoms with Gasteiger partial charge in [0.1, 0.15) is 0 Å². The predicted octanol–water partition coefficient (Wildman–Crippen LogP) is 3.55. The van der Waals surface area contributed by atoms with Crippen molar-refractivity contribution >= 4 is 23.2 Å². The van der Waals surface area contributed by atoms with E-state index in [9.17, 15) is 0 Å². The molecule has 0 bridgehead atoms. The zero-order valence-corrected chi connectivity index (χ0v) is 12.0. The molecule has 0 heterocycles. The maximum Gasteiger partial charge on any atom is 0.0724 e. The molecule has 1 aromatic carbocycles. The highest BCUT2D eigenvalue weighted by molar-refractivity contribution is 6.33. The molecular formula is C13H19Cl2NO. The second kappa shape index (κ2) is 7.22. The number of likely N-dealkylation sites (N-methyl/N-ethyl adjacent to an activating group) is 1. The number of hydrogen-bond acceptors (Lipinski definition) is 2. The Balaban J connectivity index is 2.83. The summed E-state index contributed by atoms with van der Waals surface area (Å²) in [6.45, 7) is 2.11. The first kappa shape index (κ1) is 14.8. The summed E-state index contributed by atoms with van der Waals surface area (Å²) in [4.78, 5) is 0. The Hall–Kier alpha value is -0.280. The minimum atomic E-state index is 0.176. The van der Waals surface area contributed by atoms with Crippen molar-refractivity contribution < 1.29 is 4.74 Å². The van der Waals surface area contributed by atoms with Crippen LogP contribution in [0.1, 0.15) is 18.9 Å². The molecule has 17 heavy (non-hydrogen) atoms. The van der Waals surface area contributed by atoms with E-state index in [0.717, 1.165) is 23.4 Å². The number of hydrogen-bond donors (Lipinski definition) is 1. The van der Waals surface area contributed by atoms with Crippen molar-refractivity contribution in [3.63, 3.8) is 0 Å². The summed E-state index contributed by atoms with van der Waals surface area (Å²) in [5, 5.41) is 4.74. The highest BCUT2D eigenvalue weighted by atomic mass is 35.5. The molecule has 2 nitrogen and oxygen atoms in total. The van der Waals surface area contributed by atoms with Crippen molar-refractivity contribution in [1.82, 2.24) is 5.32 Å². The van der Waals surface area contributed by atoms with E-state index in [1.54, 1.807) is 13.2 Å². The van der Waals surface area contributed by atoms with Gasteiger partial charge in [-0.05, 0) is 43.7 Å². The second-order valence-corrected chi connectivity index (χ2v) is 4.86. The van der Waals surface area contributed by atoms with Gasteiger partial charge in [-0.1, -0.05) is 30.1 Å². The van der Waals surface area contributed by atoms with Gasteiger partial charge in [-0.25, -0.2) is 0 Å². The molecule has 0 spiro atoms. The minimum absolute atomic E-state index is 0.176. The van der Waals surface area contributed by atoms with Gasteiger partial charge >= 0.3 is 0 Å². The minimum Gasteiger partial charge on any atom is -0.380 e. The van der Waals surface area contributed by atoms with E-state index in [0.29, 0.717) is 5.02 Å². The van der Waals surface area contributed by atoms with Crippen molar-refractivity contribution in [3.8, 4) is 0 Å². The number of ether oxygens (including phenoxy) is 1. The van der Waals surface area contributed by atoms with Crippen LogP contribution < -0.4 is 5.32 Å². The molecule has 0 radical (unpaired) electrons. The van der Waals surface area contributed by atoms with E-state index in [1.165, 1.54) is 0 Å². The topological polar surface area (TPSA) is 21.3 Å². The number of rotatable bonds is 6. The van der Waals surface area contributed by atoms with Crippen LogP contribution in [0, 0.1) is 0 Å². The zero-order chi connectivity index (χ0) is 12.8. The molecule has 0 saturated heterocycles. The molecule has 1 aromatic rings. The summed E-state index contributed by atoms with van der Waals surface area (Å²) in [6, 6.07) is 5.78. The Kier molecular flexibility index (Phi) is 6.28. The summed E-state index contributed by atoms with van der Waals surface area (Å²) < 4.78 is 5.46. The maximum absolute atomic E-state index is 6.16. The van der Waals surface area contributed by atoms with Gasteiger partial charge in [-0.3, -0.25) is 0 Å². The van der Waals surface area contributed by atoms with Gasteiger partial charge in [-0.2, -0.15) is 0 Å². The first-order valence-corrected chi connectivity index (χ1v) is 6.52. The fraction of sp³-hybridized carbons (Fsp3) is 0.538. The third-order valence-corrected chi connectivity index (χ3v) is 3.58. The number of nitrogens with one attached hydrogen (secondary N) is 1. The molecule has 0 fully saturated rings. The quantitative estimate of drug-likeness (QED) is 0.858. The summed E-state index contributed by atoms with van der Waals surface area (Å²) in [7, 11) is 3.67. The molecule has 0 aliphatic rings. The summed E-state index contributed by atoms with van der Waals surface area (Å²) in [6.07, 6.45) is 1.94. The van der Waals surface area contributed by atoms with Gasteiger partial charge in [0, 0.05) is 23.2 Å². The molecular weight excluding hydrogens is 257 g/mol. The lowest BCUT2D eigenvalue weighted by Gasteiger charge is -2.25. The number of benzene rings is 1. The molecule has 2 atom stereocenters. The largest absolute Gasteiger partial charge is 0.380 e. The van der Waals surface area contributed by atoms with Crippen LogP contribution in [0.3, 0.4) is 0 Å². The van der Waals surface area contributed by atoms with Gasteiger partial charge in [0.15, 0.2) is 0 Å². The van der Waals surface area contributed by atoms with E-state index >= 15 is 0 Å². The molecule has 1 rings (SSSR count). The van der Waals surface area contributed by atoms with E-state index < -0.39 is 0 Å². The Morgan fingerprint density at radius 3 is 2.59 bits per heavy atom. The fourth-order valence-corrected chi connectivity index (χ4v) is 2.36. The van der Waals surface area contributed by atoms with Crippen LogP contribution in [0.2, 0.25) is 10.0 Å². The smallest absolute Gasteiger partial charge is 0.0724 e. The van der Waals surface area contributed by atoms with Crippen molar-refractivity contribution in [2.24, 2.45) is 0 Å². The van der Waals surface area contributed by atoms with Crippen LogP contribution in [0.25, 0.3) is 0 Å². The highest BCUT2D eigenvalue weighted by Gasteiger charge is 2.19. The van der Waals surface area contributed by atoms with E-state index in [4.69, 9.17) is 27.9 Å². The van der Waals surface area contributed by atoms with Gasteiger partial charge in [-0.15, -0.1) is 0 Å². The van der Waals surface area contributed by atoms with Crippen LogP contribution in [-0.4, -0.2) is 26.3 Å². The molecule has 0 amide bonds. The van der Waals surface area contributed by atoms with Gasteiger partial charge < -0.3 is 10.1 Å². The Morgan fingerprint density at radius 2 is 2.06 bits per heavy atom. The Morgan fingerprint density at radius 1 is 1.35 bits per heavy atom. The lowest BCUT2D eigenvalue weighted by molar-refractivity contribution is 0.0678. The molecule has 2 unspecified atom stereocenters. The average molecular weight is 276 g/mol.